The van der Waals surface area contributed by atoms with Crippen LogP contribution in [-0.2, 0) is 26.2 Å². The van der Waals surface area contributed by atoms with Gasteiger partial charge in [-0.15, -0.1) is 30.7 Å². The van der Waals surface area contributed by atoms with E-state index in [0.29, 0.717) is 34.1 Å². The third kappa shape index (κ3) is 16.3. The van der Waals surface area contributed by atoms with Gasteiger partial charge in [0.05, 0.1) is 34.1 Å². The van der Waals surface area contributed by atoms with Gasteiger partial charge in [-0.3, -0.25) is 0 Å². The summed E-state index contributed by atoms with van der Waals surface area (Å²) in [6, 6.07) is 52.3. The molecule has 460 valence electrons. The zero-order chi connectivity index (χ0) is 63.8. The van der Waals surface area contributed by atoms with E-state index < -0.39 is 0 Å². The Balaban J connectivity index is 0.000000188. The van der Waals surface area contributed by atoms with Gasteiger partial charge in [-0.2, -0.15) is 10.2 Å². The number of rotatable bonds is 22. The highest BCUT2D eigenvalue weighted by Gasteiger charge is 2.13. The highest BCUT2D eigenvalue weighted by molar-refractivity contribution is 6.02. The number of nitrogens with two attached hydrogens (primary N) is 2. The summed E-state index contributed by atoms with van der Waals surface area (Å²) in [5.41, 5.74) is 20.9. The zero-order valence-electron chi connectivity index (χ0n) is 51.6. The number of nitrogen functional groups attached to an aromatic ring is 2. The van der Waals surface area contributed by atoms with Crippen molar-refractivity contribution in [3.8, 4) is 23.0 Å². The van der Waals surface area contributed by atoms with Crippen LogP contribution in [0.2, 0.25) is 0 Å². The molecule has 0 amide bonds. The van der Waals surface area contributed by atoms with Crippen LogP contribution in [0.25, 0.3) is 43.1 Å². The van der Waals surface area contributed by atoms with E-state index in [9.17, 15) is 20.4 Å². The van der Waals surface area contributed by atoms with E-state index in [1.165, 1.54) is 0 Å². The SMILES string of the molecule is Cc1ccc2ccc(O)c(N=Nc3cc[n+](CCCCCC[n+]4ccc(N=Nc5c(O)ccc6ccc(C)cc56)cc4)cc3)c2c1.Nc1ccc(N=Nc2cc[n+](CCCCCC[n+]3ccc(N=Nc4ccc(N)c5cc(O)ccc45)cc3)cc2)c2ccc(O)cc12. The van der Waals surface area contributed by atoms with Gasteiger partial charge in [0.15, 0.2) is 49.6 Å². The lowest BCUT2D eigenvalue weighted by Crippen LogP contribution is -2.33. The Labute approximate surface area is 533 Å². The first-order chi connectivity index (χ1) is 44.8. The van der Waals surface area contributed by atoms with E-state index in [4.69, 9.17) is 11.5 Å². The van der Waals surface area contributed by atoms with Gasteiger partial charge >= 0.3 is 0 Å². The Morgan fingerprint density at radius 3 is 0.946 bits per heavy atom. The molecule has 0 aliphatic heterocycles. The molecule has 12 rings (SSSR count). The molecular formula is C74H74N14O4+4. The summed E-state index contributed by atoms with van der Waals surface area (Å²) in [4.78, 5) is 0. The Bertz CT molecular complexity index is 4370. The molecule has 0 aliphatic rings. The summed E-state index contributed by atoms with van der Waals surface area (Å²) in [6.45, 7) is 7.83. The van der Waals surface area contributed by atoms with Crippen LogP contribution in [-0.4, -0.2) is 20.4 Å². The highest BCUT2D eigenvalue weighted by atomic mass is 16.3. The maximum atomic E-state index is 10.4. The van der Waals surface area contributed by atoms with Crippen molar-refractivity contribution < 1.29 is 38.7 Å². The number of phenolic OH excluding ortho intramolecular Hbond substituents is 4. The van der Waals surface area contributed by atoms with Crippen molar-refractivity contribution in [3.63, 3.8) is 0 Å². The second kappa shape index (κ2) is 29.7. The predicted octanol–water partition coefficient (Wildman–Crippen LogP) is 17.9. The minimum absolute atomic E-state index is 0.124. The van der Waals surface area contributed by atoms with E-state index in [1.807, 2.05) is 173 Å². The van der Waals surface area contributed by atoms with Gasteiger partial charge in [0, 0.05) is 118 Å². The van der Waals surface area contributed by atoms with E-state index in [0.717, 1.165) is 155 Å². The lowest BCUT2D eigenvalue weighted by molar-refractivity contribution is -0.698. The summed E-state index contributed by atoms with van der Waals surface area (Å²) in [6.07, 6.45) is 25.2. The van der Waals surface area contributed by atoms with E-state index in [2.05, 4.69) is 59.2 Å². The van der Waals surface area contributed by atoms with Crippen molar-refractivity contribution in [1.29, 1.82) is 0 Å². The quantitative estimate of drug-likeness (QED) is 0.0167. The molecule has 18 heteroatoms. The second-order valence-electron chi connectivity index (χ2n) is 22.9. The van der Waals surface area contributed by atoms with Crippen LogP contribution in [0.1, 0.15) is 62.5 Å². The molecule has 18 nitrogen and oxygen atoms in total. The van der Waals surface area contributed by atoms with E-state index in [1.54, 1.807) is 60.7 Å². The minimum atomic E-state index is 0.124. The van der Waals surface area contributed by atoms with Crippen LogP contribution in [0.4, 0.5) is 56.9 Å². The molecule has 12 aromatic rings. The zero-order valence-corrected chi connectivity index (χ0v) is 51.6. The van der Waals surface area contributed by atoms with Crippen LogP contribution in [0.3, 0.4) is 0 Å². The average Bonchev–Trinajstić information content (AvgIpc) is 3.44. The maximum Gasteiger partial charge on any atom is 0.171 e. The molecule has 0 aliphatic carbocycles. The molecule has 0 unspecified atom stereocenters. The Hall–Kier alpha value is -11.4. The Morgan fingerprint density at radius 1 is 0.293 bits per heavy atom. The molecular weight excluding hydrogens is 1150 g/mol. The highest BCUT2D eigenvalue weighted by Crippen LogP contribution is 2.39. The van der Waals surface area contributed by atoms with Crippen molar-refractivity contribution >= 4 is 100.0 Å². The van der Waals surface area contributed by atoms with Crippen molar-refractivity contribution in [2.24, 2.45) is 40.9 Å². The van der Waals surface area contributed by atoms with Crippen molar-refractivity contribution in [3.05, 3.63) is 231 Å². The fourth-order valence-corrected chi connectivity index (χ4v) is 10.9. The van der Waals surface area contributed by atoms with E-state index in [-0.39, 0.29) is 23.0 Å². The minimum Gasteiger partial charge on any atom is -0.508 e. The van der Waals surface area contributed by atoms with Crippen LogP contribution in [0.15, 0.2) is 260 Å². The topological polar surface area (TPSA) is 247 Å². The first-order valence-electron chi connectivity index (χ1n) is 31.0. The monoisotopic (exact) mass is 1220 g/mol. The number of pyridine rings is 4. The summed E-state index contributed by atoms with van der Waals surface area (Å²) >= 11 is 0. The molecule has 0 atom stereocenters. The molecule has 0 fully saturated rings. The summed E-state index contributed by atoms with van der Waals surface area (Å²) in [7, 11) is 0. The molecule has 0 spiro atoms. The number of unbranched alkanes of at least 4 members (excludes halogenated alkanes) is 6. The fraction of sp³-hybridized carbons (Fsp3) is 0.189. The van der Waals surface area contributed by atoms with Gasteiger partial charge in [-0.1, -0.05) is 47.5 Å². The second-order valence-corrected chi connectivity index (χ2v) is 22.9. The molecule has 0 saturated heterocycles. The van der Waals surface area contributed by atoms with Crippen molar-refractivity contribution in [2.45, 2.75) is 91.4 Å². The largest absolute Gasteiger partial charge is 0.508 e. The van der Waals surface area contributed by atoms with Gasteiger partial charge in [0.25, 0.3) is 0 Å². The van der Waals surface area contributed by atoms with Gasteiger partial charge in [0.2, 0.25) is 0 Å². The normalized spacial score (nSPS) is 11.8. The molecule has 8 aromatic carbocycles. The molecule has 4 aromatic heterocycles. The Kier molecular flexibility index (Phi) is 20.1. The van der Waals surface area contributed by atoms with Crippen molar-refractivity contribution in [2.75, 3.05) is 11.5 Å². The predicted molar refractivity (Wildman–Crippen MR) is 361 cm³/mol. The number of phenols is 4. The van der Waals surface area contributed by atoms with Crippen LogP contribution in [0, 0.1) is 13.8 Å². The van der Waals surface area contributed by atoms with Gasteiger partial charge in [-0.25, -0.2) is 18.3 Å². The number of nitrogens with zero attached hydrogens (tertiary/aromatic N) is 12. The number of aromatic nitrogens is 4. The van der Waals surface area contributed by atoms with Crippen LogP contribution >= 0.6 is 0 Å². The molecule has 0 saturated carbocycles. The molecule has 92 heavy (non-hydrogen) atoms. The van der Waals surface area contributed by atoms with E-state index >= 15 is 0 Å². The number of aromatic hydroxyl groups is 4. The molecule has 0 bridgehead atoms. The molecule has 8 N–H and O–H groups in total. The first kappa shape index (κ1) is 62.2. The van der Waals surface area contributed by atoms with Crippen molar-refractivity contribution in [1.82, 2.24) is 0 Å². The first-order valence-corrected chi connectivity index (χ1v) is 31.0. The lowest BCUT2D eigenvalue weighted by atomic mass is 10.1. The molecule has 0 radical (unpaired) electrons. The summed E-state index contributed by atoms with van der Waals surface area (Å²) in [5.74, 6) is 0.582. The van der Waals surface area contributed by atoms with Crippen LogP contribution < -0.4 is 29.7 Å². The molecule has 4 heterocycles. The van der Waals surface area contributed by atoms with Gasteiger partial charge < -0.3 is 31.9 Å². The van der Waals surface area contributed by atoms with Gasteiger partial charge in [-0.05, 0) is 135 Å². The number of fused-ring (bicyclic) bond motifs is 4. The number of hydrogen-bond donors (Lipinski definition) is 6. The number of azo groups is 4. The third-order valence-corrected chi connectivity index (χ3v) is 16.0. The lowest BCUT2D eigenvalue weighted by Gasteiger charge is -2.05. The number of aryl methyl sites for hydroxylation is 6. The maximum absolute atomic E-state index is 10.4. The Morgan fingerprint density at radius 2 is 0.609 bits per heavy atom. The standard InChI is InChI=1S/C38H36N6O2.C36H34N8O2/c1-27-7-9-29-11-13-35(45)37(33(29)25-27)41-39-31-15-21-43(22-16-31)19-5-3-4-6-20-44-23-17-32(18-24-44)40-42-38-34-26-28(2)8-10-30(34)12-14-36(38)46;37-33-9-11-35(29-7-5-27(45)23-31(29)33)41-39-25-13-19-43(20-14-25)17-3-1-2-4-18-44-21-15-26(16-22-44)40-42-36-12-10-34(38)32-24-28(46)6-8-30(32)36/h7-18,21-26H,3-6,19-20H2,1-2H3;5-16,19-24,37-38H,1-4,17-18H2,(H2,41,42,45,46)/p+4. The van der Waals surface area contributed by atoms with Gasteiger partial charge in [0.1, 0.15) is 60.6 Å². The number of benzene rings is 8. The number of anilines is 2. The summed E-state index contributed by atoms with van der Waals surface area (Å²) in [5, 5.41) is 82.5. The average molecular weight is 1220 g/mol. The van der Waals surface area contributed by atoms with Crippen LogP contribution in [0.5, 0.6) is 23.0 Å². The fourth-order valence-electron chi connectivity index (χ4n) is 10.9. The number of hydrogen-bond acceptors (Lipinski definition) is 14. The summed E-state index contributed by atoms with van der Waals surface area (Å²) < 4.78 is 8.66. The smallest absolute Gasteiger partial charge is 0.171 e. The third-order valence-electron chi connectivity index (χ3n) is 16.0.